The zero-order chi connectivity index (χ0) is 22.5. The third-order valence-electron chi connectivity index (χ3n) is 5.50. The minimum atomic E-state index is -0.295. The van der Waals surface area contributed by atoms with Crippen molar-refractivity contribution in [2.24, 2.45) is 0 Å². The maximum atomic E-state index is 13.0. The van der Waals surface area contributed by atoms with Crippen LogP contribution in [0.25, 0.3) is 6.08 Å². The van der Waals surface area contributed by atoms with E-state index in [1.807, 2.05) is 61.5 Å². The van der Waals surface area contributed by atoms with Crippen LogP contribution in [0.15, 0.2) is 72.3 Å². The summed E-state index contributed by atoms with van der Waals surface area (Å²) >= 11 is 0. The first kappa shape index (κ1) is 21.2. The molecule has 0 aliphatic carbocycles. The van der Waals surface area contributed by atoms with Crippen LogP contribution in [0.2, 0.25) is 0 Å². The van der Waals surface area contributed by atoms with Crippen molar-refractivity contribution in [3.05, 3.63) is 94.6 Å². The number of carbonyl (C=O) groups is 1. The summed E-state index contributed by atoms with van der Waals surface area (Å²) in [6.45, 7) is 3.04. The second kappa shape index (κ2) is 9.40. The minimum Gasteiger partial charge on any atom is -0.493 e. The molecule has 5 nitrogen and oxygen atoms in total. The van der Waals surface area contributed by atoms with Crippen LogP contribution >= 0.6 is 0 Å². The number of aryl methyl sites for hydroxylation is 1. The van der Waals surface area contributed by atoms with Crippen LogP contribution in [0.4, 0.5) is 5.69 Å². The summed E-state index contributed by atoms with van der Waals surface area (Å²) in [7, 11) is 1.57. The van der Waals surface area contributed by atoms with Gasteiger partial charge in [0.15, 0.2) is 11.5 Å². The quantitative estimate of drug-likeness (QED) is 0.409. The number of benzene rings is 3. The molecule has 0 N–H and O–H groups in total. The first-order valence-corrected chi connectivity index (χ1v) is 10.5. The van der Waals surface area contributed by atoms with Gasteiger partial charge in [0.2, 0.25) is 0 Å². The first-order chi connectivity index (χ1) is 15.6. The van der Waals surface area contributed by atoms with E-state index in [0.717, 1.165) is 23.2 Å². The van der Waals surface area contributed by atoms with E-state index in [9.17, 15) is 10.1 Å². The van der Waals surface area contributed by atoms with Crippen molar-refractivity contribution in [2.75, 3.05) is 18.6 Å². The lowest BCUT2D eigenvalue weighted by atomic mass is 10.1. The summed E-state index contributed by atoms with van der Waals surface area (Å²) in [5.41, 5.74) is 5.03. The zero-order valence-electron chi connectivity index (χ0n) is 18.2. The molecule has 0 saturated carbocycles. The Kier molecular flexibility index (Phi) is 6.23. The van der Waals surface area contributed by atoms with Crippen molar-refractivity contribution in [1.82, 2.24) is 0 Å². The van der Waals surface area contributed by atoms with Crippen LogP contribution in [-0.2, 0) is 17.8 Å². The summed E-state index contributed by atoms with van der Waals surface area (Å²) in [6, 6.07) is 23.4. The number of carbonyl (C=O) groups excluding carboxylic acids is 1. The number of ether oxygens (including phenoxy) is 2. The van der Waals surface area contributed by atoms with E-state index in [1.54, 1.807) is 30.2 Å². The van der Waals surface area contributed by atoms with Gasteiger partial charge in [0.1, 0.15) is 18.2 Å². The Labute approximate surface area is 188 Å². The SMILES string of the molecule is COc1cc(/C=C(\C#N)C(=O)N2CCc3ccccc32)ccc1OCc1ccc(C)cc1. The van der Waals surface area contributed by atoms with Gasteiger partial charge in [-0.15, -0.1) is 0 Å². The summed E-state index contributed by atoms with van der Waals surface area (Å²) in [6.07, 6.45) is 2.39. The Morgan fingerprint density at radius 3 is 2.62 bits per heavy atom. The Hall–Kier alpha value is -4.04. The number of para-hydroxylation sites is 1. The minimum absolute atomic E-state index is 0.0806. The number of nitrogens with zero attached hydrogens (tertiary/aromatic N) is 2. The highest BCUT2D eigenvalue weighted by atomic mass is 16.5. The largest absolute Gasteiger partial charge is 0.493 e. The molecule has 3 aromatic carbocycles. The van der Waals surface area contributed by atoms with Crippen LogP contribution in [0.1, 0.15) is 22.3 Å². The number of methoxy groups -OCH3 is 1. The Morgan fingerprint density at radius 2 is 1.88 bits per heavy atom. The lowest BCUT2D eigenvalue weighted by molar-refractivity contribution is -0.114. The van der Waals surface area contributed by atoms with E-state index in [1.165, 1.54) is 5.56 Å². The molecule has 5 heteroatoms. The molecule has 0 atom stereocenters. The van der Waals surface area contributed by atoms with E-state index in [2.05, 4.69) is 6.07 Å². The molecular formula is C27H24N2O3. The lowest BCUT2D eigenvalue weighted by Crippen LogP contribution is -2.29. The molecule has 4 rings (SSSR count). The predicted octanol–water partition coefficient (Wildman–Crippen LogP) is 5.08. The van der Waals surface area contributed by atoms with Gasteiger partial charge in [-0.1, -0.05) is 54.1 Å². The molecule has 1 aliphatic heterocycles. The molecule has 0 unspecified atom stereocenters. The molecule has 0 bridgehead atoms. The molecule has 32 heavy (non-hydrogen) atoms. The van der Waals surface area contributed by atoms with Crippen LogP contribution in [0.3, 0.4) is 0 Å². The summed E-state index contributed by atoms with van der Waals surface area (Å²) in [4.78, 5) is 14.7. The van der Waals surface area contributed by atoms with Crippen molar-refractivity contribution < 1.29 is 14.3 Å². The fourth-order valence-corrected chi connectivity index (χ4v) is 3.74. The third kappa shape index (κ3) is 4.50. The van der Waals surface area contributed by atoms with E-state index >= 15 is 0 Å². The van der Waals surface area contributed by atoms with Gasteiger partial charge >= 0.3 is 0 Å². The second-order valence-corrected chi connectivity index (χ2v) is 7.69. The van der Waals surface area contributed by atoms with Gasteiger partial charge in [0.05, 0.1) is 7.11 Å². The Bertz CT molecular complexity index is 1210. The number of rotatable bonds is 6. The van der Waals surface area contributed by atoms with Crippen LogP contribution in [0.5, 0.6) is 11.5 Å². The highest BCUT2D eigenvalue weighted by molar-refractivity contribution is 6.12. The Balaban J connectivity index is 1.53. The Morgan fingerprint density at radius 1 is 1.09 bits per heavy atom. The molecular weight excluding hydrogens is 400 g/mol. The van der Waals surface area contributed by atoms with Crippen LogP contribution in [0, 0.1) is 18.3 Å². The molecule has 0 fully saturated rings. The molecule has 1 amide bonds. The highest BCUT2D eigenvalue weighted by Crippen LogP contribution is 2.31. The third-order valence-corrected chi connectivity index (χ3v) is 5.50. The average molecular weight is 425 g/mol. The van der Waals surface area contributed by atoms with Crippen molar-refractivity contribution in [3.8, 4) is 17.6 Å². The second-order valence-electron chi connectivity index (χ2n) is 7.69. The number of hydrogen-bond acceptors (Lipinski definition) is 4. The molecule has 1 aliphatic rings. The van der Waals surface area contributed by atoms with Crippen molar-refractivity contribution in [2.45, 2.75) is 20.0 Å². The molecule has 160 valence electrons. The summed E-state index contributed by atoms with van der Waals surface area (Å²) in [5.74, 6) is 0.849. The van der Waals surface area contributed by atoms with E-state index in [-0.39, 0.29) is 11.5 Å². The van der Waals surface area contributed by atoms with Gasteiger partial charge in [-0.25, -0.2) is 0 Å². The zero-order valence-corrected chi connectivity index (χ0v) is 18.2. The maximum absolute atomic E-state index is 13.0. The monoisotopic (exact) mass is 424 g/mol. The van der Waals surface area contributed by atoms with E-state index in [0.29, 0.717) is 30.2 Å². The van der Waals surface area contributed by atoms with Gasteiger partial charge in [0.25, 0.3) is 5.91 Å². The van der Waals surface area contributed by atoms with E-state index < -0.39 is 0 Å². The topological polar surface area (TPSA) is 62.6 Å². The number of fused-ring (bicyclic) bond motifs is 1. The summed E-state index contributed by atoms with van der Waals surface area (Å²) in [5, 5.41) is 9.66. The number of hydrogen-bond donors (Lipinski definition) is 0. The number of amides is 1. The predicted molar refractivity (Wildman–Crippen MR) is 125 cm³/mol. The average Bonchev–Trinajstić information content (AvgIpc) is 3.26. The van der Waals surface area contributed by atoms with Gasteiger partial charge in [0, 0.05) is 12.2 Å². The fraction of sp³-hybridized carbons (Fsp3) is 0.185. The van der Waals surface area contributed by atoms with Gasteiger partial charge in [-0.2, -0.15) is 5.26 Å². The smallest absolute Gasteiger partial charge is 0.268 e. The highest BCUT2D eigenvalue weighted by Gasteiger charge is 2.26. The fourth-order valence-electron chi connectivity index (χ4n) is 3.74. The number of nitriles is 1. The van der Waals surface area contributed by atoms with Gasteiger partial charge in [-0.05, 0) is 54.3 Å². The standard InChI is InChI=1S/C27H24N2O3/c1-19-7-9-20(10-8-19)18-32-25-12-11-21(16-26(25)31-2)15-23(17-28)27(30)29-14-13-22-5-3-4-6-24(22)29/h3-12,15-16H,13-14,18H2,1-2H3/b23-15+. The van der Waals surface area contributed by atoms with Crippen LogP contribution in [-0.4, -0.2) is 19.6 Å². The molecule has 0 aromatic heterocycles. The normalized spacial score (nSPS) is 12.8. The lowest BCUT2D eigenvalue weighted by Gasteiger charge is -2.16. The molecule has 0 saturated heterocycles. The molecule has 3 aromatic rings. The molecule has 1 heterocycles. The molecule has 0 spiro atoms. The van der Waals surface area contributed by atoms with Crippen LogP contribution < -0.4 is 14.4 Å². The number of anilines is 1. The molecule has 0 radical (unpaired) electrons. The van der Waals surface area contributed by atoms with Crippen molar-refractivity contribution in [3.63, 3.8) is 0 Å². The van der Waals surface area contributed by atoms with Gasteiger partial charge in [-0.3, -0.25) is 4.79 Å². The van der Waals surface area contributed by atoms with Crippen molar-refractivity contribution in [1.29, 1.82) is 5.26 Å². The maximum Gasteiger partial charge on any atom is 0.268 e. The van der Waals surface area contributed by atoms with Gasteiger partial charge < -0.3 is 14.4 Å². The summed E-state index contributed by atoms with van der Waals surface area (Å²) < 4.78 is 11.4. The first-order valence-electron chi connectivity index (χ1n) is 10.5. The van der Waals surface area contributed by atoms with E-state index in [4.69, 9.17) is 9.47 Å². The van der Waals surface area contributed by atoms with Crippen molar-refractivity contribution >= 4 is 17.7 Å².